The first kappa shape index (κ1) is 16.1. The topological polar surface area (TPSA) is 47.6 Å². The smallest absolute Gasteiger partial charge is 0.408 e. The van der Waals surface area contributed by atoms with Gasteiger partial charge in [-0.15, -0.1) is 0 Å². The Labute approximate surface area is 134 Å². The van der Waals surface area contributed by atoms with Crippen LogP contribution in [-0.2, 0) is 4.74 Å². The van der Waals surface area contributed by atoms with E-state index in [4.69, 9.17) is 9.47 Å². The maximum atomic E-state index is 11.8. The molecule has 0 aromatic heterocycles. The highest BCUT2D eigenvalue weighted by Crippen LogP contribution is 2.37. The molecule has 0 bridgehead atoms. The lowest BCUT2D eigenvalue weighted by atomic mass is 10.2. The molecule has 1 aliphatic carbocycles. The zero-order valence-electron chi connectivity index (χ0n) is 13.0. The van der Waals surface area contributed by atoms with Crippen LogP contribution in [0.25, 0.3) is 0 Å². The number of rotatable bonds is 4. The van der Waals surface area contributed by atoms with Crippen molar-refractivity contribution in [2.45, 2.75) is 51.7 Å². The highest BCUT2D eigenvalue weighted by molar-refractivity contribution is 9.10. The maximum absolute atomic E-state index is 11.8. The molecule has 1 amide bonds. The molecule has 0 radical (unpaired) electrons. The van der Waals surface area contributed by atoms with Gasteiger partial charge in [0.15, 0.2) is 0 Å². The molecule has 0 unspecified atom stereocenters. The van der Waals surface area contributed by atoms with Crippen LogP contribution in [0.5, 0.6) is 5.75 Å². The Bertz CT molecular complexity index is 533. The number of halogens is 1. The van der Waals surface area contributed by atoms with Crippen LogP contribution in [0.4, 0.5) is 4.79 Å². The highest BCUT2D eigenvalue weighted by Gasteiger charge is 2.46. The standard InChI is InChI=1S/C16H22BrNO3/c1-11-6-5-7-12(13(11)17)20-10-16(8-9-16)18-14(19)21-15(2,3)4/h5-7H,8-10H2,1-4H3,(H,18,19). The van der Waals surface area contributed by atoms with Gasteiger partial charge >= 0.3 is 6.09 Å². The van der Waals surface area contributed by atoms with E-state index in [1.807, 2.05) is 45.9 Å². The third kappa shape index (κ3) is 4.63. The van der Waals surface area contributed by atoms with Gasteiger partial charge in [-0.25, -0.2) is 4.79 Å². The van der Waals surface area contributed by atoms with Crippen LogP contribution in [-0.4, -0.2) is 23.8 Å². The van der Waals surface area contributed by atoms with Gasteiger partial charge in [0.1, 0.15) is 18.0 Å². The average molecular weight is 356 g/mol. The van der Waals surface area contributed by atoms with Crippen molar-refractivity contribution in [3.05, 3.63) is 28.2 Å². The van der Waals surface area contributed by atoms with Crippen molar-refractivity contribution in [2.75, 3.05) is 6.61 Å². The molecular weight excluding hydrogens is 334 g/mol. The summed E-state index contributed by atoms with van der Waals surface area (Å²) in [7, 11) is 0. The number of hydrogen-bond acceptors (Lipinski definition) is 3. The third-order valence-corrected chi connectivity index (χ3v) is 4.30. The molecule has 21 heavy (non-hydrogen) atoms. The number of amides is 1. The molecule has 1 saturated carbocycles. The molecule has 1 fully saturated rings. The molecule has 0 atom stereocenters. The molecule has 0 spiro atoms. The Morgan fingerprint density at radius 3 is 2.62 bits per heavy atom. The monoisotopic (exact) mass is 355 g/mol. The molecule has 0 saturated heterocycles. The first-order valence-electron chi connectivity index (χ1n) is 7.10. The summed E-state index contributed by atoms with van der Waals surface area (Å²) in [6.45, 7) is 8.03. The van der Waals surface area contributed by atoms with Gasteiger partial charge in [-0.05, 0) is 68.1 Å². The summed E-state index contributed by atoms with van der Waals surface area (Å²) >= 11 is 3.52. The zero-order valence-corrected chi connectivity index (χ0v) is 14.5. The number of benzene rings is 1. The summed E-state index contributed by atoms with van der Waals surface area (Å²) in [6, 6.07) is 5.89. The van der Waals surface area contributed by atoms with Crippen LogP contribution < -0.4 is 10.1 Å². The largest absolute Gasteiger partial charge is 0.490 e. The van der Waals surface area contributed by atoms with E-state index in [9.17, 15) is 4.79 Å². The summed E-state index contributed by atoms with van der Waals surface area (Å²) in [5.74, 6) is 0.798. The second-order valence-corrected chi connectivity index (χ2v) is 7.38. The van der Waals surface area contributed by atoms with E-state index in [0.717, 1.165) is 28.6 Å². The van der Waals surface area contributed by atoms with E-state index in [1.54, 1.807) is 0 Å². The van der Waals surface area contributed by atoms with E-state index in [0.29, 0.717) is 6.61 Å². The lowest BCUT2D eigenvalue weighted by Crippen LogP contribution is -2.44. The molecule has 1 aliphatic rings. The molecule has 1 N–H and O–H groups in total. The third-order valence-electron chi connectivity index (χ3n) is 3.28. The van der Waals surface area contributed by atoms with Crippen molar-refractivity contribution in [1.29, 1.82) is 0 Å². The lowest BCUT2D eigenvalue weighted by molar-refractivity contribution is 0.0477. The van der Waals surface area contributed by atoms with E-state index in [2.05, 4.69) is 21.2 Å². The molecule has 1 aromatic carbocycles. The quantitative estimate of drug-likeness (QED) is 0.880. The number of hydrogen-bond donors (Lipinski definition) is 1. The van der Waals surface area contributed by atoms with Gasteiger partial charge in [0.25, 0.3) is 0 Å². The van der Waals surface area contributed by atoms with Crippen LogP contribution in [0.3, 0.4) is 0 Å². The number of nitrogens with one attached hydrogen (secondary N) is 1. The average Bonchev–Trinajstić information content (AvgIpc) is 3.09. The fourth-order valence-corrected chi connectivity index (χ4v) is 2.30. The summed E-state index contributed by atoms with van der Waals surface area (Å²) in [4.78, 5) is 11.8. The van der Waals surface area contributed by atoms with Gasteiger partial charge in [0.05, 0.1) is 10.0 Å². The predicted octanol–water partition coefficient (Wildman–Crippen LogP) is 4.19. The van der Waals surface area contributed by atoms with Gasteiger partial charge in [0, 0.05) is 0 Å². The van der Waals surface area contributed by atoms with Crippen LogP contribution in [0.2, 0.25) is 0 Å². The predicted molar refractivity (Wildman–Crippen MR) is 85.7 cm³/mol. The second kappa shape index (κ2) is 5.87. The van der Waals surface area contributed by atoms with E-state index >= 15 is 0 Å². The maximum Gasteiger partial charge on any atom is 0.408 e. The first-order valence-corrected chi connectivity index (χ1v) is 7.89. The lowest BCUT2D eigenvalue weighted by Gasteiger charge is -2.23. The van der Waals surface area contributed by atoms with Gasteiger partial charge < -0.3 is 14.8 Å². The summed E-state index contributed by atoms with van der Waals surface area (Å²) in [5, 5.41) is 2.93. The Hall–Kier alpha value is -1.23. The van der Waals surface area contributed by atoms with Gasteiger partial charge in [-0.1, -0.05) is 12.1 Å². The molecule has 116 valence electrons. The minimum atomic E-state index is -0.486. The SMILES string of the molecule is Cc1cccc(OCC2(NC(=O)OC(C)(C)C)CC2)c1Br. The second-order valence-electron chi connectivity index (χ2n) is 6.58. The van der Waals surface area contributed by atoms with Crippen LogP contribution >= 0.6 is 15.9 Å². The van der Waals surface area contributed by atoms with Crippen molar-refractivity contribution in [2.24, 2.45) is 0 Å². The van der Waals surface area contributed by atoms with Crippen molar-refractivity contribution in [1.82, 2.24) is 5.32 Å². The van der Waals surface area contributed by atoms with Gasteiger partial charge in [0.2, 0.25) is 0 Å². The molecule has 1 aromatic rings. The molecule has 0 aliphatic heterocycles. The zero-order chi connectivity index (χ0) is 15.7. The fraction of sp³-hybridized carbons (Fsp3) is 0.562. The molecule has 4 nitrogen and oxygen atoms in total. The first-order chi connectivity index (χ1) is 9.71. The number of ether oxygens (including phenoxy) is 2. The van der Waals surface area contributed by atoms with Gasteiger partial charge in [-0.3, -0.25) is 0 Å². The van der Waals surface area contributed by atoms with Crippen molar-refractivity contribution < 1.29 is 14.3 Å². The van der Waals surface area contributed by atoms with Crippen LogP contribution in [0.1, 0.15) is 39.2 Å². The van der Waals surface area contributed by atoms with E-state index in [-0.39, 0.29) is 11.6 Å². The normalized spacial score (nSPS) is 16.2. The number of aryl methyl sites for hydroxylation is 1. The Balaban J connectivity index is 1.91. The molecule has 2 rings (SSSR count). The Kier molecular flexibility index (Phi) is 4.51. The number of carbonyl (C=O) groups excluding carboxylic acids is 1. The molecule has 5 heteroatoms. The van der Waals surface area contributed by atoms with Crippen LogP contribution in [0, 0.1) is 6.92 Å². The van der Waals surface area contributed by atoms with Crippen molar-refractivity contribution >= 4 is 22.0 Å². The van der Waals surface area contributed by atoms with Crippen LogP contribution in [0.15, 0.2) is 22.7 Å². The van der Waals surface area contributed by atoms with E-state index < -0.39 is 5.60 Å². The number of alkyl carbamates (subject to hydrolysis) is 1. The van der Waals surface area contributed by atoms with Crippen molar-refractivity contribution in [3.8, 4) is 5.75 Å². The van der Waals surface area contributed by atoms with Gasteiger partial charge in [-0.2, -0.15) is 0 Å². The molecular formula is C16H22BrNO3. The Morgan fingerprint density at radius 2 is 2.05 bits per heavy atom. The minimum absolute atomic E-state index is 0.286. The minimum Gasteiger partial charge on any atom is -0.490 e. The Morgan fingerprint density at radius 1 is 1.38 bits per heavy atom. The fourth-order valence-electron chi connectivity index (χ4n) is 1.92. The number of carbonyl (C=O) groups is 1. The summed E-state index contributed by atoms with van der Waals surface area (Å²) in [5.41, 5.74) is 0.351. The summed E-state index contributed by atoms with van der Waals surface area (Å²) in [6.07, 6.45) is 1.44. The van der Waals surface area contributed by atoms with Crippen molar-refractivity contribution in [3.63, 3.8) is 0 Å². The molecule has 0 heterocycles. The summed E-state index contributed by atoms with van der Waals surface area (Å²) < 4.78 is 12.1. The van der Waals surface area contributed by atoms with E-state index in [1.165, 1.54) is 0 Å². The highest BCUT2D eigenvalue weighted by atomic mass is 79.9.